The van der Waals surface area contributed by atoms with E-state index in [9.17, 15) is 21.6 Å². The first-order chi connectivity index (χ1) is 7.63. The Kier molecular flexibility index (Phi) is 4.43. The lowest BCUT2D eigenvalue weighted by molar-refractivity contribution is -0.187. The first kappa shape index (κ1) is 14.7. The largest absolute Gasteiger partial charge is 0.405 e. The second-order valence-corrected chi connectivity index (χ2v) is 6.69. The van der Waals surface area contributed by atoms with Gasteiger partial charge >= 0.3 is 6.18 Å². The van der Waals surface area contributed by atoms with E-state index in [1.807, 2.05) is 0 Å². The van der Waals surface area contributed by atoms with E-state index in [0.29, 0.717) is 0 Å². The molecule has 0 aliphatic carbocycles. The molecule has 1 saturated heterocycles. The zero-order valence-electron chi connectivity index (χ0n) is 9.57. The van der Waals surface area contributed by atoms with Gasteiger partial charge in [0, 0.05) is 12.6 Å². The van der Waals surface area contributed by atoms with Gasteiger partial charge in [0.1, 0.15) is 6.04 Å². The van der Waals surface area contributed by atoms with Crippen LogP contribution in [0, 0.1) is 0 Å². The summed E-state index contributed by atoms with van der Waals surface area (Å²) < 4.78 is 61.1. The predicted molar refractivity (Wildman–Crippen MR) is 58.3 cm³/mol. The van der Waals surface area contributed by atoms with Crippen LogP contribution in [0.1, 0.15) is 13.3 Å². The van der Waals surface area contributed by atoms with Crippen LogP contribution >= 0.6 is 0 Å². The highest BCUT2D eigenvalue weighted by molar-refractivity contribution is 7.91. The van der Waals surface area contributed by atoms with Crippen molar-refractivity contribution in [3.05, 3.63) is 0 Å². The molecule has 0 bridgehead atoms. The third-order valence-corrected chi connectivity index (χ3v) is 4.53. The molecule has 2 atom stereocenters. The van der Waals surface area contributed by atoms with Crippen molar-refractivity contribution >= 4 is 9.84 Å². The second kappa shape index (κ2) is 5.11. The maximum Gasteiger partial charge on any atom is 0.405 e. The van der Waals surface area contributed by atoms with Crippen LogP contribution in [0.25, 0.3) is 0 Å². The quantitative estimate of drug-likeness (QED) is 0.791. The molecular formula is C9H17F3N2O2S. The van der Waals surface area contributed by atoms with Gasteiger partial charge in [-0.2, -0.15) is 13.2 Å². The number of halogens is 3. The molecule has 1 heterocycles. The Morgan fingerprint density at radius 1 is 1.24 bits per heavy atom. The van der Waals surface area contributed by atoms with Gasteiger partial charge in [-0.25, -0.2) is 8.42 Å². The highest BCUT2D eigenvalue weighted by atomic mass is 32.2. The third kappa shape index (κ3) is 4.11. The van der Waals surface area contributed by atoms with Crippen LogP contribution in [0.15, 0.2) is 0 Å². The monoisotopic (exact) mass is 274 g/mol. The lowest BCUT2D eigenvalue weighted by Crippen LogP contribution is -2.55. The average molecular weight is 274 g/mol. The molecule has 2 N–H and O–H groups in total. The lowest BCUT2D eigenvalue weighted by atomic mass is 10.1. The van der Waals surface area contributed by atoms with Gasteiger partial charge < -0.3 is 5.73 Å². The summed E-state index contributed by atoms with van der Waals surface area (Å²) in [5.41, 5.74) is 5.36. The maximum atomic E-state index is 12.8. The van der Waals surface area contributed by atoms with Gasteiger partial charge in [0.2, 0.25) is 0 Å². The van der Waals surface area contributed by atoms with E-state index in [0.717, 1.165) is 4.90 Å². The first-order valence-corrected chi connectivity index (χ1v) is 7.22. The van der Waals surface area contributed by atoms with Gasteiger partial charge in [-0.3, -0.25) is 4.90 Å². The molecule has 1 aliphatic rings. The van der Waals surface area contributed by atoms with Crippen molar-refractivity contribution in [3.8, 4) is 0 Å². The molecule has 0 amide bonds. The molecule has 0 aromatic carbocycles. The molecule has 1 fully saturated rings. The summed E-state index contributed by atoms with van der Waals surface area (Å²) in [6.45, 7) is 1.30. The molecule has 0 radical (unpaired) electrons. The van der Waals surface area contributed by atoms with E-state index in [1.54, 1.807) is 0 Å². The Balaban J connectivity index is 2.83. The number of alkyl halides is 3. The van der Waals surface area contributed by atoms with Gasteiger partial charge in [-0.1, -0.05) is 0 Å². The highest BCUT2D eigenvalue weighted by Crippen LogP contribution is 2.27. The molecule has 1 aliphatic heterocycles. The Morgan fingerprint density at radius 3 is 2.29 bits per heavy atom. The Bertz CT molecular complexity index is 354. The number of sulfone groups is 1. The van der Waals surface area contributed by atoms with Gasteiger partial charge in [0.25, 0.3) is 0 Å². The molecule has 0 aromatic heterocycles. The van der Waals surface area contributed by atoms with E-state index < -0.39 is 28.1 Å². The molecule has 4 nitrogen and oxygen atoms in total. The van der Waals surface area contributed by atoms with Gasteiger partial charge in [-0.05, 0) is 19.9 Å². The van der Waals surface area contributed by atoms with Gasteiger partial charge in [0.05, 0.1) is 11.5 Å². The topological polar surface area (TPSA) is 63.4 Å². The number of hydrogen-bond donors (Lipinski definition) is 1. The van der Waals surface area contributed by atoms with Crippen LogP contribution in [-0.2, 0) is 9.84 Å². The fourth-order valence-corrected chi connectivity index (χ4v) is 3.36. The number of nitrogens with zero attached hydrogens (tertiary/aromatic N) is 1. The van der Waals surface area contributed by atoms with Crippen LogP contribution in [0.4, 0.5) is 13.2 Å². The first-order valence-electron chi connectivity index (χ1n) is 5.40. The summed E-state index contributed by atoms with van der Waals surface area (Å²) in [4.78, 5) is 1.13. The van der Waals surface area contributed by atoms with Crippen LogP contribution in [0.3, 0.4) is 0 Å². The summed E-state index contributed by atoms with van der Waals surface area (Å²) in [5.74, 6) is -0.278. The van der Waals surface area contributed by atoms with E-state index in [1.165, 1.54) is 6.92 Å². The fraction of sp³-hybridized carbons (Fsp3) is 1.00. The van der Waals surface area contributed by atoms with E-state index in [4.69, 9.17) is 5.73 Å². The molecule has 17 heavy (non-hydrogen) atoms. The average Bonchev–Trinajstić information content (AvgIpc) is 2.25. The third-order valence-electron chi connectivity index (χ3n) is 2.82. The summed E-state index contributed by atoms with van der Waals surface area (Å²) in [5, 5.41) is 0. The van der Waals surface area contributed by atoms with Crippen molar-refractivity contribution in [1.29, 1.82) is 0 Å². The summed E-state index contributed by atoms with van der Waals surface area (Å²) in [6.07, 6.45) is -4.20. The zero-order chi connectivity index (χ0) is 13.3. The van der Waals surface area contributed by atoms with Crippen molar-refractivity contribution in [2.24, 2.45) is 5.73 Å². The number of nitrogens with two attached hydrogens (primary N) is 1. The minimum atomic E-state index is -4.43. The van der Waals surface area contributed by atoms with E-state index >= 15 is 0 Å². The van der Waals surface area contributed by atoms with Gasteiger partial charge in [0.15, 0.2) is 9.84 Å². The normalized spacial score (nSPS) is 26.2. The Hall–Kier alpha value is -0.340. The standard InChI is InChI=1S/C9H17F3N2O2S/c1-7(13)8(9(10,11)12)14-3-2-5-17(15,16)6-4-14/h7-8H,2-6,13H2,1H3. The molecule has 0 saturated carbocycles. The van der Waals surface area contributed by atoms with Gasteiger partial charge in [-0.15, -0.1) is 0 Å². The van der Waals surface area contributed by atoms with Crippen LogP contribution in [-0.4, -0.2) is 56.2 Å². The van der Waals surface area contributed by atoms with Crippen LogP contribution < -0.4 is 5.73 Å². The van der Waals surface area contributed by atoms with Crippen LogP contribution in [0.5, 0.6) is 0 Å². The molecule has 2 unspecified atom stereocenters. The lowest BCUT2D eigenvalue weighted by Gasteiger charge is -2.34. The van der Waals surface area contributed by atoms with E-state index in [2.05, 4.69) is 0 Å². The number of hydrogen-bond acceptors (Lipinski definition) is 4. The Morgan fingerprint density at radius 2 is 1.82 bits per heavy atom. The van der Waals surface area contributed by atoms with Crippen LogP contribution in [0.2, 0.25) is 0 Å². The van der Waals surface area contributed by atoms with Crippen molar-refractivity contribution in [1.82, 2.24) is 4.90 Å². The second-order valence-electron chi connectivity index (χ2n) is 4.39. The molecule has 1 rings (SSSR count). The summed E-state index contributed by atoms with van der Waals surface area (Å²) >= 11 is 0. The smallest absolute Gasteiger partial charge is 0.326 e. The highest BCUT2D eigenvalue weighted by Gasteiger charge is 2.46. The predicted octanol–water partition coefficient (Wildman–Crippen LogP) is 0.385. The fourth-order valence-electron chi connectivity index (χ4n) is 2.07. The maximum absolute atomic E-state index is 12.8. The van der Waals surface area contributed by atoms with E-state index in [-0.39, 0.29) is 31.0 Å². The summed E-state index contributed by atoms with van der Waals surface area (Å²) in [7, 11) is -3.21. The minimum Gasteiger partial charge on any atom is -0.326 e. The molecule has 8 heteroatoms. The van der Waals surface area contributed by atoms with Crippen molar-refractivity contribution in [2.45, 2.75) is 31.6 Å². The van der Waals surface area contributed by atoms with Crippen molar-refractivity contribution in [3.63, 3.8) is 0 Å². The van der Waals surface area contributed by atoms with Crippen molar-refractivity contribution < 1.29 is 21.6 Å². The molecular weight excluding hydrogens is 257 g/mol. The Labute approximate surface area is 98.9 Å². The van der Waals surface area contributed by atoms with Crippen molar-refractivity contribution in [2.75, 3.05) is 24.6 Å². The number of rotatable bonds is 2. The molecule has 0 aromatic rings. The SMILES string of the molecule is CC(N)C(N1CCCS(=O)(=O)CC1)C(F)(F)F. The summed E-state index contributed by atoms with van der Waals surface area (Å²) in [6, 6.07) is -2.84. The molecule has 102 valence electrons. The zero-order valence-corrected chi connectivity index (χ0v) is 10.4. The minimum absolute atomic E-state index is 0.0486. The molecule has 0 spiro atoms.